The molecule has 1 N–H and O–H groups in total. The smallest absolute Gasteiger partial charge is 0.0318 e. The zero-order valence-electron chi connectivity index (χ0n) is 13.0. The topological polar surface area (TPSA) is 12.0 Å². The van der Waals surface area contributed by atoms with Gasteiger partial charge < -0.3 is 5.32 Å². The molecule has 1 atom stereocenters. The first-order valence-electron chi connectivity index (χ1n) is 7.29. The second-order valence-corrected chi connectivity index (χ2v) is 7.28. The Morgan fingerprint density at radius 1 is 1.10 bits per heavy atom. The number of halogens is 1. The van der Waals surface area contributed by atoms with Gasteiger partial charge in [0.25, 0.3) is 0 Å². The average molecular weight is 364 g/mol. The third-order valence-corrected chi connectivity index (χ3v) is 5.68. The second kappa shape index (κ2) is 7.48. The highest BCUT2D eigenvalue weighted by Gasteiger charge is 2.09. The highest BCUT2D eigenvalue weighted by Crippen LogP contribution is 2.36. The van der Waals surface area contributed by atoms with Crippen molar-refractivity contribution in [2.75, 3.05) is 6.54 Å². The van der Waals surface area contributed by atoms with Crippen LogP contribution in [-0.4, -0.2) is 6.54 Å². The van der Waals surface area contributed by atoms with E-state index in [9.17, 15) is 0 Å². The van der Waals surface area contributed by atoms with Gasteiger partial charge in [0.15, 0.2) is 0 Å². The molecule has 0 amide bonds. The Kier molecular flexibility index (Phi) is 5.91. The molecule has 0 radical (unpaired) electrons. The molecule has 21 heavy (non-hydrogen) atoms. The summed E-state index contributed by atoms with van der Waals surface area (Å²) >= 11 is 5.54. The molecule has 0 aliphatic heterocycles. The van der Waals surface area contributed by atoms with Crippen molar-refractivity contribution in [3.63, 3.8) is 0 Å². The maximum Gasteiger partial charge on any atom is 0.0318 e. The number of rotatable bonds is 5. The Morgan fingerprint density at radius 2 is 1.86 bits per heavy atom. The van der Waals surface area contributed by atoms with Crippen molar-refractivity contribution in [3.8, 4) is 0 Å². The summed E-state index contributed by atoms with van der Waals surface area (Å²) in [6.07, 6.45) is 0. The Labute approximate surface area is 140 Å². The van der Waals surface area contributed by atoms with Crippen LogP contribution in [0, 0.1) is 13.8 Å². The third-order valence-electron chi connectivity index (χ3n) is 3.53. The molecule has 112 valence electrons. The van der Waals surface area contributed by atoms with Gasteiger partial charge in [-0.15, -0.1) is 0 Å². The van der Waals surface area contributed by atoms with E-state index in [1.807, 2.05) is 11.8 Å². The van der Waals surface area contributed by atoms with Crippen LogP contribution >= 0.6 is 27.7 Å². The van der Waals surface area contributed by atoms with E-state index < -0.39 is 0 Å². The first-order valence-corrected chi connectivity index (χ1v) is 8.90. The van der Waals surface area contributed by atoms with Crippen LogP contribution in [0.2, 0.25) is 0 Å². The summed E-state index contributed by atoms with van der Waals surface area (Å²) in [4.78, 5) is 2.58. The molecule has 0 fully saturated rings. The van der Waals surface area contributed by atoms with Gasteiger partial charge in [-0.1, -0.05) is 36.9 Å². The van der Waals surface area contributed by atoms with E-state index in [1.165, 1.54) is 26.5 Å². The van der Waals surface area contributed by atoms with E-state index in [1.54, 1.807) is 0 Å². The molecule has 3 heteroatoms. The van der Waals surface area contributed by atoms with Gasteiger partial charge in [0.05, 0.1) is 0 Å². The van der Waals surface area contributed by atoms with E-state index in [0.717, 1.165) is 11.0 Å². The van der Waals surface area contributed by atoms with Crippen LogP contribution in [0.25, 0.3) is 0 Å². The number of benzene rings is 2. The lowest BCUT2D eigenvalue weighted by molar-refractivity contribution is 0.597. The summed E-state index contributed by atoms with van der Waals surface area (Å²) in [7, 11) is 0. The first kappa shape index (κ1) is 16.6. The molecule has 1 unspecified atom stereocenters. The van der Waals surface area contributed by atoms with Gasteiger partial charge in [-0.05, 0) is 78.1 Å². The second-order valence-electron chi connectivity index (χ2n) is 5.34. The molecule has 0 heterocycles. The van der Waals surface area contributed by atoms with Crippen molar-refractivity contribution in [2.45, 2.75) is 43.5 Å². The molecular formula is C18H22BrNS. The summed E-state index contributed by atoms with van der Waals surface area (Å²) in [5, 5.41) is 3.45. The number of hydrogen-bond donors (Lipinski definition) is 1. The van der Waals surface area contributed by atoms with Crippen LogP contribution in [0.1, 0.15) is 36.6 Å². The van der Waals surface area contributed by atoms with Gasteiger partial charge in [0.1, 0.15) is 0 Å². The van der Waals surface area contributed by atoms with Gasteiger partial charge in [-0.3, -0.25) is 0 Å². The highest BCUT2D eigenvalue weighted by molar-refractivity contribution is 9.10. The maximum atomic E-state index is 3.72. The molecule has 2 aromatic rings. The van der Waals surface area contributed by atoms with Crippen molar-refractivity contribution < 1.29 is 0 Å². The van der Waals surface area contributed by atoms with Gasteiger partial charge in [-0.25, -0.2) is 0 Å². The van der Waals surface area contributed by atoms with Crippen molar-refractivity contribution in [3.05, 3.63) is 57.6 Å². The standard InChI is InChI=1S/C18H22BrNS/c1-5-20-14(4)15-8-9-17(16(19)11-15)21-18-10-12(2)6-7-13(18)3/h6-11,14,20H,5H2,1-4H3. The van der Waals surface area contributed by atoms with E-state index in [0.29, 0.717) is 6.04 Å². The fourth-order valence-corrected chi connectivity index (χ4v) is 3.87. The quantitative estimate of drug-likeness (QED) is 0.710. The maximum absolute atomic E-state index is 3.72. The predicted molar refractivity (Wildman–Crippen MR) is 96.3 cm³/mol. The Hall–Kier alpha value is -0.770. The molecule has 0 saturated heterocycles. The Bertz CT molecular complexity index is 625. The van der Waals surface area contributed by atoms with E-state index in [4.69, 9.17) is 0 Å². The lowest BCUT2D eigenvalue weighted by Gasteiger charge is -2.15. The molecule has 0 saturated carbocycles. The zero-order chi connectivity index (χ0) is 15.4. The van der Waals surface area contributed by atoms with Crippen molar-refractivity contribution in [1.29, 1.82) is 0 Å². The van der Waals surface area contributed by atoms with Crippen LogP contribution in [0.3, 0.4) is 0 Å². The first-order chi connectivity index (χ1) is 10.0. The third kappa shape index (κ3) is 4.35. The van der Waals surface area contributed by atoms with E-state index in [2.05, 4.69) is 85.3 Å². The van der Waals surface area contributed by atoms with Crippen LogP contribution in [-0.2, 0) is 0 Å². The monoisotopic (exact) mass is 363 g/mol. The van der Waals surface area contributed by atoms with E-state index >= 15 is 0 Å². The molecular weight excluding hydrogens is 342 g/mol. The largest absolute Gasteiger partial charge is 0.310 e. The summed E-state index contributed by atoms with van der Waals surface area (Å²) in [6.45, 7) is 9.62. The Morgan fingerprint density at radius 3 is 2.52 bits per heavy atom. The average Bonchev–Trinajstić information content (AvgIpc) is 2.45. The fourth-order valence-electron chi connectivity index (χ4n) is 2.23. The fraction of sp³-hybridized carbons (Fsp3) is 0.333. The van der Waals surface area contributed by atoms with Crippen molar-refractivity contribution in [1.82, 2.24) is 5.32 Å². The lowest BCUT2D eigenvalue weighted by Crippen LogP contribution is -2.17. The van der Waals surface area contributed by atoms with Crippen LogP contribution in [0.4, 0.5) is 0 Å². The molecule has 0 aliphatic carbocycles. The van der Waals surface area contributed by atoms with Crippen LogP contribution in [0.15, 0.2) is 50.7 Å². The molecule has 0 aromatic heterocycles. The minimum absolute atomic E-state index is 0.381. The molecule has 1 nitrogen and oxygen atoms in total. The van der Waals surface area contributed by atoms with Gasteiger partial charge in [0, 0.05) is 20.3 Å². The van der Waals surface area contributed by atoms with Crippen molar-refractivity contribution >= 4 is 27.7 Å². The van der Waals surface area contributed by atoms with Gasteiger partial charge in [-0.2, -0.15) is 0 Å². The van der Waals surface area contributed by atoms with Gasteiger partial charge in [0.2, 0.25) is 0 Å². The summed E-state index contributed by atoms with van der Waals surface area (Å²) in [5.74, 6) is 0. The van der Waals surface area contributed by atoms with Gasteiger partial charge >= 0.3 is 0 Å². The number of hydrogen-bond acceptors (Lipinski definition) is 2. The molecule has 2 rings (SSSR count). The summed E-state index contributed by atoms with van der Waals surface area (Å²) < 4.78 is 1.16. The normalized spacial score (nSPS) is 12.4. The zero-order valence-corrected chi connectivity index (χ0v) is 15.4. The molecule has 0 spiro atoms. The summed E-state index contributed by atoms with van der Waals surface area (Å²) in [6, 6.07) is 13.6. The lowest BCUT2D eigenvalue weighted by atomic mass is 10.1. The number of nitrogens with one attached hydrogen (secondary N) is 1. The summed E-state index contributed by atoms with van der Waals surface area (Å²) in [5.41, 5.74) is 3.94. The molecule has 2 aromatic carbocycles. The van der Waals surface area contributed by atoms with Crippen LogP contribution in [0.5, 0.6) is 0 Å². The van der Waals surface area contributed by atoms with Crippen molar-refractivity contribution in [2.24, 2.45) is 0 Å². The molecule has 0 bridgehead atoms. The predicted octanol–water partition coefficient (Wildman–Crippen LogP) is 5.89. The SMILES string of the molecule is CCNC(C)c1ccc(Sc2cc(C)ccc2C)c(Br)c1. The molecule has 0 aliphatic rings. The minimum Gasteiger partial charge on any atom is -0.310 e. The minimum atomic E-state index is 0.381. The Balaban J connectivity index is 2.23. The highest BCUT2D eigenvalue weighted by atomic mass is 79.9. The van der Waals surface area contributed by atoms with Crippen LogP contribution < -0.4 is 5.32 Å². The number of aryl methyl sites for hydroxylation is 2. The van der Waals surface area contributed by atoms with E-state index in [-0.39, 0.29) is 0 Å².